The number of ether oxygens (including phenoxy) is 1. The number of nitrogen functional groups attached to an aromatic ring is 1. The summed E-state index contributed by atoms with van der Waals surface area (Å²) in [5, 5.41) is 8.85. The highest BCUT2D eigenvalue weighted by Gasteiger charge is 2.40. The van der Waals surface area contributed by atoms with Crippen LogP contribution in [0.4, 0.5) is 5.82 Å². The van der Waals surface area contributed by atoms with Crippen LogP contribution in [0.2, 0.25) is 0 Å². The van der Waals surface area contributed by atoms with Crippen molar-refractivity contribution in [2.75, 3.05) is 18.1 Å². The fourth-order valence-corrected chi connectivity index (χ4v) is 2.93. The lowest BCUT2D eigenvalue weighted by Gasteiger charge is -2.12. The van der Waals surface area contributed by atoms with Crippen LogP contribution in [-0.4, -0.2) is 40.9 Å². The van der Waals surface area contributed by atoms with Crippen molar-refractivity contribution >= 4 is 15.7 Å². The SMILES string of the molecule is Nc1ccn([C@@H]2CS(=O)(=O)[C@H](CO)O2)c(=O)n1. The van der Waals surface area contributed by atoms with E-state index < -0.39 is 33.8 Å². The molecule has 0 amide bonds. The average molecular weight is 261 g/mol. The number of nitrogens with zero attached hydrogens (tertiary/aromatic N) is 2. The predicted octanol–water partition coefficient (Wildman–Crippen LogP) is -1.91. The molecule has 1 aliphatic heterocycles. The first-order valence-corrected chi connectivity index (χ1v) is 6.48. The molecule has 2 rings (SSSR count). The number of hydrogen-bond donors (Lipinski definition) is 2. The van der Waals surface area contributed by atoms with Gasteiger partial charge in [-0.05, 0) is 6.07 Å². The molecule has 0 spiro atoms. The van der Waals surface area contributed by atoms with E-state index in [0.29, 0.717) is 0 Å². The summed E-state index contributed by atoms with van der Waals surface area (Å²) in [6, 6.07) is 1.36. The molecule has 2 atom stereocenters. The zero-order valence-electron chi connectivity index (χ0n) is 8.68. The van der Waals surface area contributed by atoms with Crippen LogP contribution >= 0.6 is 0 Å². The summed E-state index contributed by atoms with van der Waals surface area (Å²) >= 11 is 0. The first-order valence-electron chi connectivity index (χ1n) is 4.76. The molecule has 1 aliphatic rings. The zero-order chi connectivity index (χ0) is 12.6. The Morgan fingerprint density at radius 2 is 2.35 bits per heavy atom. The molecule has 1 aromatic rings. The van der Waals surface area contributed by atoms with Crippen LogP contribution in [0.3, 0.4) is 0 Å². The monoisotopic (exact) mass is 261 g/mol. The molecule has 2 heterocycles. The lowest BCUT2D eigenvalue weighted by Crippen LogP contribution is -2.28. The van der Waals surface area contributed by atoms with Gasteiger partial charge in [-0.2, -0.15) is 4.98 Å². The van der Waals surface area contributed by atoms with Crippen molar-refractivity contribution < 1.29 is 18.3 Å². The highest BCUT2D eigenvalue weighted by molar-refractivity contribution is 7.92. The van der Waals surface area contributed by atoms with Crippen molar-refractivity contribution in [3.8, 4) is 0 Å². The maximum atomic E-state index is 11.5. The molecule has 0 bridgehead atoms. The van der Waals surface area contributed by atoms with E-state index in [1.54, 1.807) is 0 Å². The average Bonchev–Trinajstić information content (AvgIpc) is 2.53. The molecule has 1 saturated heterocycles. The summed E-state index contributed by atoms with van der Waals surface area (Å²) in [4.78, 5) is 14.9. The second kappa shape index (κ2) is 4.09. The molecule has 1 fully saturated rings. The minimum absolute atomic E-state index is 0.0470. The lowest BCUT2D eigenvalue weighted by molar-refractivity contribution is -0.00772. The molecule has 8 nitrogen and oxygen atoms in total. The first kappa shape index (κ1) is 12.0. The van der Waals surface area contributed by atoms with E-state index in [-0.39, 0.29) is 11.6 Å². The number of rotatable bonds is 2. The van der Waals surface area contributed by atoms with E-state index in [4.69, 9.17) is 15.6 Å². The Labute approximate surface area is 96.6 Å². The number of aliphatic hydroxyl groups is 1. The van der Waals surface area contributed by atoms with E-state index in [1.165, 1.54) is 12.3 Å². The van der Waals surface area contributed by atoms with E-state index >= 15 is 0 Å². The van der Waals surface area contributed by atoms with Gasteiger partial charge in [-0.15, -0.1) is 0 Å². The van der Waals surface area contributed by atoms with E-state index in [0.717, 1.165) is 4.57 Å². The molecule has 0 radical (unpaired) electrons. The van der Waals surface area contributed by atoms with Gasteiger partial charge in [0.15, 0.2) is 21.5 Å². The molecule has 0 saturated carbocycles. The lowest BCUT2D eigenvalue weighted by atomic mass is 10.5. The van der Waals surface area contributed by atoms with E-state index in [2.05, 4.69) is 4.98 Å². The number of anilines is 1. The van der Waals surface area contributed by atoms with Crippen molar-refractivity contribution in [3.05, 3.63) is 22.7 Å². The van der Waals surface area contributed by atoms with Crippen LogP contribution in [0.1, 0.15) is 6.23 Å². The third kappa shape index (κ3) is 2.16. The largest absolute Gasteiger partial charge is 0.393 e. The van der Waals surface area contributed by atoms with Gasteiger partial charge in [0.2, 0.25) is 0 Å². The maximum Gasteiger partial charge on any atom is 0.351 e. The number of hydrogen-bond acceptors (Lipinski definition) is 7. The second-order valence-electron chi connectivity index (χ2n) is 3.57. The second-order valence-corrected chi connectivity index (χ2v) is 5.76. The van der Waals surface area contributed by atoms with Crippen LogP contribution < -0.4 is 11.4 Å². The van der Waals surface area contributed by atoms with Crippen LogP contribution in [0, 0.1) is 0 Å². The normalized spacial score (nSPS) is 27.1. The van der Waals surface area contributed by atoms with Crippen molar-refractivity contribution in [1.29, 1.82) is 0 Å². The van der Waals surface area contributed by atoms with Gasteiger partial charge in [-0.25, -0.2) is 13.2 Å². The molecular weight excluding hydrogens is 250 g/mol. The van der Waals surface area contributed by atoms with Crippen LogP contribution in [0.15, 0.2) is 17.1 Å². The Balaban J connectivity index is 2.35. The number of aromatic nitrogens is 2. The standard InChI is InChI=1S/C8H11N3O5S/c9-5-1-2-11(8(13)10-5)6-4-17(14,15)7(3-12)16-6/h1-2,6-7,12H,3-4H2,(H2,9,10,13)/t6-,7+/m0/s1. The topological polar surface area (TPSA) is 125 Å². The summed E-state index contributed by atoms with van der Waals surface area (Å²) in [6.07, 6.45) is 0.336. The molecule has 17 heavy (non-hydrogen) atoms. The zero-order valence-corrected chi connectivity index (χ0v) is 9.50. The number of aliphatic hydroxyl groups excluding tert-OH is 1. The Morgan fingerprint density at radius 1 is 1.65 bits per heavy atom. The van der Waals surface area contributed by atoms with Gasteiger partial charge >= 0.3 is 5.69 Å². The Hall–Kier alpha value is -1.45. The van der Waals surface area contributed by atoms with Gasteiger partial charge < -0.3 is 15.6 Å². The van der Waals surface area contributed by atoms with Gasteiger partial charge in [-0.3, -0.25) is 4.57 Å². The van der Waals surface area contributed by atoms with Crippen LogP contribution in [-0.2, 0) is 14.6 Å². The van der Waals surface area contributed by atoms with Gasteiger partial charge in [0.25, 0.3) is 0 Å². The fraction of sp³-hybridized carbons (Fsp3) is 0.500. The van der Waals surface area contributed by atoms with Crippen molar-refractivity contribution in [2.45, 2.75) is 11.7 Å². The molecule has 94 valence electrons. The fourth-order valence-electron chi connectivity index (χ4n) is 1.55. The smallest absolute Gasteiger partial charge is 0.351 e. The number of nitrogens with two attached hydrogens (primary N) is 1. The Kier molecular flexibility index (Phi) is 2.89. The highest BCUT2D eigenvalue weighted by Crippen LogP contribution is 2.25. The van der Waals surface area contributed by atoms with Gasteiger partial charge in [0.05, 0.1) is 12.4 Å². The Bertz CT molecular complexity index is 581. The summed E-state index contributed by atoms with van der Waals surface area (Å²) in [5.41, 5.74) is 3.32. The van der Waals surface area contributed by atoms with E-state index in [9.17, 15) is 13.2 Å². The minimum atomic E-state index is -3.55. The molecule has 0 aliphatic carbocycles. The van der Waals surface area contributed by atoms with Crippen LogP contribution in [0.25, 0.3) is 0 Å². The third-order valence-electron chi connectivity index (χ3n) is 2.40. The number of sulfone groups is 1. The molecular formula is C8H11N3O5S. The summed E-state index contributed by atoms with van der Waals surface area (Å²) < 4.78 is 29.1. The molecule has 0 aromatic carbocycles. The maximum absolute atomic E-state index is 11.5. The van der Waals surface area contributed by atoms with Gasteiger partial charge in [-0.1, -0.05) is 0 Å². The van der Waals surface area contributed by atoms with Crippen molar-refractivity contribution in [1.82, 2.24) is 9.55 Å². The molecule has 0 unspecified atom stereocenters. The molecule has 9 heteroatoms. The van der Waals surface area contributed by atoms with Crippen molar-refractivity contribution in [3.63, 3.8) is 0 Å². The third-order valence-corrected chi connectivity index (χ3v) is 4.21. The quantitative estimate of drug-likeness (QED) is 0.636. The summed E-state index contributed by atoms with van der Waals surface area (Å²) in [6.45, 7) is -0.643. The van der Waals surface area contributed by atoms with Gasteiger partial charge in [0, 0.05) is 6.20 Å². The summed E-state index contributed by atoms with van der Waals surface area (Å²) in [5.74, 6) is -0.324. The summed E-state index contributed by atoms with van der Waals surface area (Å²) in [7, 11) is -3.55. The first-order chi connectivity index (χ1) is 7.94. The van der Waals surface area contributed by atoms with Crippen molar-refractivity contribution in [2.24, 2.45) is 0 Å². The van der Waals surface area contributed by atoms with Crippen LogP contribution in [0.5, 0.6) is 0 Å². The van der Waals surface area contributed by atoms with Gasteiger partial charge in [0.1, 0.15) is 5.82 Å². The minimum Gasteiger partial charge on any atom is -0.393 e. The molecule has 1 aromatic heterocycles. The van der Waals surface area contributed by atoms with E-state index in [1.807, 2.05) is 0 Å². The highest BCUT2D eigenvalue weighted by atomic mass is 32.2. The molecule has 3 N–H and O–H groups in total. The predicted molar refractivity (Wildman–Crippen MR) is 57.7 cm³/mol. The Morgan fingerprint density at radius 3 is 2.88 bits per heavy atom.